The van der Waals surface area contributed by atoms with Crippen molar-refractivity contribution < 1.29 is 19.5 Å². The third-order valence-corrected chi connectivity index (χ3v) is 8.23. The predicted octanol–water partition coefficient (Wildman–Crippen LogP) is 3.44. The molecule has 4 N–H and O–H groups in total. The van der Waals surface area contributed by atoms with E-state index in [0.717, 1.165) is 11.3 Å². The molecule has 14 heteroatoms. The van der Waals surface area contributed by atoms with E-state index in [2.05, 4.69) is 30.8 Å². The van der Waals surface area contributed by atoms with E-state index in [9.17, 15) is 14.4 Å². The average Bonchev–Trinajstić information content (AvgIpc) is 3.40. The molecule has 12 nitrogen and oxygen atoms in total. The summed E-state index contributed by atoms with van der Waals surface area (Å²) in [5, 5.41) is 18.4. The summed E-state index contributed by atoms with van der Waals surface area (Å²) in [7, 11) is 0. The number of nitrogens with zero attached hydrogens (tertiary/aromatic N) is 5. The standard InChI is InChI=1S/C30H32Cl2N8O4/c1-3-36-30(29(44)37-18(2)28(43)33-16-23(41)42)12-14-39(15-13-30)26-24-27(35-17-34-26)40(20-10-8-19(31)9-11-20)25(38-24)21-6-4-5-7-22(21)32/h4-11,17-18,36H,3,12-16H2,1-2H3,(H,33,43)(H,37,44)(H,41,42). The number of anilines is 1. The van der Waals surface area contributed by atoms with Gasteiger partial charge in [-0.05, 0) is 62.7 Å². The highest BCUT2D eigenvalue weighted by molar-refractivity contribution is 6.33. The Labute approximate surface area is 263 Å². The van der Waals surface area contributed by atoms with E-state index < -0.39 is 30.0 Å². The number of hydrogen-bond donors (Lipinski definition) is 4. The molecule has 5 rings (SSSR count). The molecule has 2 aromatic carbocycles. The molecule has 1 aliphatic rings. The first-order chi connectivity index (χ1) is 21.1. The number of benzene rings is 2. The number of amides is 2. The fraction of sp³-hybridized carbons (Fsp3) is 0.333. The van der Waals surface area contributed by atoms with Crippen LogP contribution in [0.5, 0.6) is 0 Å². The summed E-state index contributed by atoms with van der Waals surface area (Å²) in [6.07, 6.45) is 2.35. The van der Waals surface area contributed by atoms with E-state index in [1.54, 1.807) is 12.1 Å². The second-order valence-electron chi connectivity index (χ2n) is 10.5. The molecule has 2 aromatic heterocycles. The molecule has 1 unspecified atom stereocenters. The Kier molecular flexibility index (Phi) is 9.33. The van der Waals surface area contributed by atoms with Crippen LogP contribution in [0, 0.1) is 0 Å². The SMILES string of the molecule is CCNC1(C(=O)NC(C)C(=O)NCC(=O)O)CCN(c2ncnc3c2nc(-c2ccccc2Cl)n3-c2ccc(Cl)cc2)CC1. The molecule has 0 aliphatic carbocycles. The molecule has 0 saturated carbocycles. The molecule has 0 spiro atoms. The number of likely N-dealkylation sites (N-methyl/N-ethyl adjacent to an activating group) is 1. The van der Waals surface area contributed by atoms with Crippen LogP contribution in [0.25, 0.3) is 28.2 Å². The number of carboxylic acid groups (broad SMARTS) is 1. The van der Waals surface area contributed by atoms with Gasteiger partial charge < -0.3 is 26.0 Å². The minimum Gasteiger partial charge on any atom is -0.480 e. The summed E-state index contributed by atoms with van der Waals surface area (Å²) in [6, 6.07) is 13.9. The topological polar surface area (TPSA) is 154 Å². The molecule has 0 radical (unpaired) electrons. The lowest BCUT2D eigenvalue weighted by atomic mass is 9.86. The number of imidazole rings is 1. The highest BCUT2D eigenvalue weighted by Gasteiger charge is 2.42. The maximum atomic E-state index is 13.5. The van der Waals surface area contributed by atoms with Crippen molar-refractivity contribution in [1.82, 2.24) is 35.5 Å². The Hall–Kier alpha value is -4.26. The van der Waals surface area contributed by atoms with Crippen molar-refractivity contribution in [2.24, 2.45) is 0 Å². The third-order valence-electron chi connectivity index (χ3n) is 7.65. The van der Waals surface area contributed by atoms with Crippen molar-refractivity contribution in [3.05, 3.63) is 64.9 Å². The molecular weight excluding hydrogens is 607 g/mol. The lowest BCUT2D eigenvalue weighted by Crippen LogP contribution is -2.64. The number of hydrogen-bond acceptors (Lipinski definition) is 8. The number of halogens is 2. The van der Waals surface area contributed by atoms with Gasteiger partial charge in [-0.15, -0.1) is 0 Å². The van der Waals surface area contributed by atoms with Crippen LogP contribution in [-0.4, -0.2) is 80.2 Å². The van der Waals surface area contributed by atoms with Crippen LogP contribution in [0.3, 0.4) is 0 Å². The van der Waals surface area contributed by atoms with Crippen molar-refractivity contribution in [1.29, 1.82) is 0 Å². The molecule has 1 aliphatic heterocycles. The number of carboxylic acids is 1. The molecule has 2 amide bonds. The number of aliphatic carboxylic acids is 1. The minimum atomic E-state index is -1.16. The van der Waals surface area contributed by atoms with E-state index in [1.165, 1.54) is 13.3 Å². The molecule has 230 valence electrons. The monoisotopic (exact) mass is 638 g/mol. The Morgan fingerprint density at radius 2 is 1.75 bits per heavy atom. The van der Waals surface area contributed by atoms with Gasteiger partial charge in [-0.1, -0.05) is 42.3 Å². The summed E-state index contributed by atoms with van der Waals surface area (Å²) in [6.45, 7) is 4.40. The average molecular weight is 640 g/mol. The first-order valence-corrected chi connectivity index (χ1v) is 14.9. The van der Waals surface area contributed by atoms with Gasteiger partial charge in [-0.2, -0.15) is 0 Å². The van der Waals surface area contributed by atoms with Crippen molar-refractivity contribution in [2.45, 2.75) is 38.3 Å². The second-order valence-corrected chi connectivity index (χ2v) is 11.3. The molecule has 1 fully saturated rings. The Balaban J connectivity index is 1.45. The molecule has 1 atom stereocenters. The van der Waals surface area contributed by atoms with Crippen molar-refractivity contribution in [3.63, 3.8) is 0 Å². The van der Waals surface area contributed by atoms with Crippen molar-refractivity contribution in [3.8, 4) is 17.1 Å². The van der Waals surface area contributed by atoms with Crippen LogP contribution in [-0.2, 0) is 14.4 Å². The van der Waals surface area contributed by atoms with Gasteiger partial charge in [0.05, 0.1) is 5.02 Å². The van der Waals surface area contributed by atoms with E-state index in [1.807, 2.05) is 47.9 Å². The number of carbonyl (C=O) groups excluding carboxylic acids is 2. The maximum Gasteiger partial charge on any atom is 0.322 e. The zero-order valence-electron chi connectivity index (χ0n) is 24.2. The Bertz CT molecular complexity index is 1690. The van der Waals surface area contributed by atoms with E-state index in [0.29, 0.717) is 65.3 Å². The lowest BCUT2D eigenvalue weighted by Gasteiger charge is -2.42. The second kappa shape index (κ2) is 13.2. The number of rotatable bonds is 10. The highest BCUT2D eigenvalue weighted by atomic mass is 35.5. The summed E-state index contributed by atoms with van der Waals surface area (Å²) >= 11 is 12.8. The molecule has 3 heterocycles. The van der Waals surface area contributed by atoms with E-state index in [-0.39, 0.29) is 5.91 Å². The minimum absolute atomic E-state index is 0.321. The molecule has 0 bridgehead atoms. The summed E-state index contributed by atoms with van der Waals surface area (Å²) in [5.74, 6) is -0.827. The zero-order valence-corrected chi connectivity index (χ0v) is 25.7. The van der Waals surface area contributed by atoms with Crippen LogP contribution >= 0.6 is 23.2 Å². The van der Waals surface area contributed by atoms with E-state index >= 15 is 0 Å². The summed E-state index contributed by atoms with van der Waals surface area (Å²) < 4.78 is 1.93. The van der Waals surface area contributed by atoms with Gasteiger partial charge in [0.1, 0.15) is 30.3 Å². The first kappa shape index (κ1) is 31.2. The Morgan fingerprint density at radius 3 is 2.41 bits per heavy atom. The van der Waals surface area contributed by atoms with Gasteiger partial charge >= 0.3 is 5.97 Å². The fourth-order valence-corrected chi connectivity index (χ4v) is 5.75. The summed E-state index contributed by atoms with van der Waals surface area (Å²) in [5.41, 5.74) is 1.79. The van der Waals surface area contributed by atoms with Gasteiger partial charge in [0.2, 0.25) is 11.8 Å². The number of aromatic nitrogens is 4. The van der Waals surface area contributed by atoms with Crippen LogP contribution in [0.1, 0.15) is 26.7 Å². The van der Waals surface area contributed by atoms with Gasteiger partial charge in [-0.3, -0.25) is 19.0 Å². The van der Waals surface area contributed by atoms with Gasteiger partial charge in [-0.25, -0.2) is 15.0 Å². The highest BCUT2D eigenvalue weighted by Crippen LogP contribution is 2.36. The third kappa shape index (κ3) is 6.33. The smallest absolute Gasteiger partial charge is 0.322 e. The van der Waals surface area contributed by atoms with Crippen LogP contribution < -0.4 is 20.9 Å². The maximum absolute atomic E-state index is 13.5. The lowest BCUT2D eigenvalue weighted by molar-refractivity contribution is -0.138. The van der Waals surface area contributed by atoms with Crippen LogP contribution in [0.15, 0.2) is 54.9 Å². The van der Waals surface area contributed by atoms with Gasteiger partial charge in [0.15, 0.2) is 17.0 Å². The normalized spacial score (nSPS) is 15.1. The number of piperidine rings is 1. The predicted molar refractivity (Wildman–Crippen MR) is 168 cm³/mol. The molecule has 1 saturated heterocycles. The Morgan fingerprint density at radius 1 is 1.05 bits per heavy atom. The fourth-order valence-electron chi connectivity index (χ4n) is 5.41. The quantitative estimate of drug-likeness (QED) is 0.204. The first-order valence-electron chi connectivity index (χ1n) is 14.2. The van der Waals surface area contributed by atoms with Crippen LogP contribution in [0.4, 0.5) is 5.82 Å². The van der Waals surface area contributed by atoms with Crippen LogP contribution in [0.2, 0.25) is 10.0 Å². The van der Waals surface area contributed by atoms with E-state index in [4.69, 9.17) is 33.3 Å². The molecular formula is C30H32Cl2N8O4. The number of fused-ring (bicyclic) bond motifs is 1. The zero-order chi connectivity index (χ0) is 31.4. The molecule has 4 aromatic rings. The molecule has 44 heavy (non-hydrogen) atoms. The van der Waals surface area contributed by atoms with Crippen molar-refractivity contribution in [2.75, 3.05) is 31.1 Å². The summed E-state index contributed by atoms with van der Waals surface area (Å²) in [4.78, 5) is 52.9. The van der Waals surface area contributed by atoms with Gasteiger partial charge in [0.25, 0.3) is 0 Å². The largest absolute Gasteiger partial charge is 0.480 e. The van der Waals surface area contributed by atoms with Crippen molar-refractivity contribution >= 4 is 58.0 Å². The number of carbonyl (C=O) groups is 3. The number of nitrogens with one attached hydrogen (secondary N) is 3. The van der Waals surface area contributed by atoms with Gasteiger partial charge in [0, 0.05) is 29.4 Å².